The average molecular weight is 273 g/mol. The van der Waals surface area contributed by atoms with Crippen molar-refractivity contribution < 1.29 is 4.74 Å². The summed E-state index contributed by atoms with van der Waals surface area (Å²) in [4.78, 5) is 0. The van der Waals surface area contributed by atoms with Crippen LogP contribution < -0.4 is 5.73 Å². The molecule has 1 unspecified atom stereocenters. The van der Waals surface area contributed by atoms with E-state index in [-0.39, 0.29) is 5.54 Å². The molecule has 1 heterocycles. The predicted octanol–water partition coefficient (Wildman–Crippen LogP) is 4.44. The van der Waals surface area contributed by atoms with E-state index in [4.69, 9.17) is 16.9 Å². The van der Waals surface area contributed by atoms with Crippen molar-refractivity contribution in [2.45, 2.75) is 63.8 Å². The Morgan fingerprint density at radius 1 is 1.40 bits per heavy atom. The molecule has 2 nitrogen and oxygen atoms in total. The van der Waals surface area contributed by atoms with Gasteiger partial charge in [0.15, 0.2) is 0 Å². The van der Waals surface area contributed by atoms with Gasteiger partial charge in [-0.25, -0.2) is 0 Å². The first kappa shape index (κ1) is 16.6. The maximum atomic E-state index is 6.44. The average Bonchev–Trinajstić information content (AvgIpc) is 2.42. The Morgan fingerprint density at radius 3 is 2.95 bits per heavy atom. The molecule has 0 saturated heterocycles. The Bertz CT molecular complexity index is 400. The largest absolute Gasteiger partial charge is 0.473 e. The smallest absolute Gasteiger partial charge is 0.0933 e. The van der Waals surface area contributed by atoms with Crippen LogP contribution in [0.3, 0.4) is 0 Å². The van der Waals surface area contributed by atoms with Crippen LogP contribution in [0.4, 0.5) is 0 Å². The van der Waals surface area contributed by atoms with E-state index in [0.29, 0.717) is 0 Å². The monoisotopic (exact) mass is 273 g/mol. The third-order valence-corrected chi connectivity index (χ3v) is 3.66. The van der Waals surface area contributed by atoms with Crippen LogP contribution in [0.15, 0.2) is 36.3 Å². The fraction of sp³-hybridized carbons (Fsp3) is 0.556. The lowest BCUT2D eigenvalue weighted by molar-refractivity contribution is 0.367. The van der Waals surface area contributed by atoms with Crippen molar-refractivity contribution in [3.8, 4) is 12.3 Å². The minimum absolute atomic E-state index is 0.226. The molecule has 0 aromatic carbocycles. The number of terminal acetylenes is 1. The second kappa shape index (κ2) is 9.44. The second-order valence-electron chi connectivity index (χ2n) is 5.53. The summed E-state index contributed by atoms with van der Waals surface area (Å²) in [6.45, 7) is 2.17. The molecular formula is C18H27NO. The maximum Gasteiger partial charge on any atom is 0.0933 e. The highest BCUT2D eigenvalue weighted by Crippen LogP contribution is 2.22. The summed E-state index contributed by atoms with van der Waals surface area (Å²) in [5.74, 6) is 2.52. The first-order valence-electron chi connectivity index (χ1n) is 7.64. The summed E-state index contributed by atoms with van der Waals surface area (Å²) >= 11 is 0. The van der Waals surface area contributed by atoms with Crippen LogP contribution >= 0.6 is 0 Å². The van der Waals surface area contributed by atoms with Crippen LogP contribution in [0.1, 0.15) is 58.3 Å². The number of hydrogen-bond donors (Lipinski definition) is 1. The van der Waals surface area contributed by atoms with E-state index in [0.717, 1.165) is 31.3 Å². The van der Waals surface area contributed by atoms with Gasteiger partial charge in [0.05, 0.1) is 12.5 Å². The molecule has 0 aromatic rings. The lowest BCUT2D eigenvalue weighted by Crippen LogP contribution is -2.37. The lowest BCUT2D eigenvalue weighted by atomic mass is 9.88. The molecule has 2 heteroatoms. The Hall–Kier alpha value is -1.46. The van der Waals surface area contributed by atoms with Crippen molar-refractivity contribution in [2.75, 3.05) is 0 Å². The number of hydrogen-bond acceptors (Lipinski definition) is 2. The Balaban J connectivity index is 2.74. The van der Waals surface area contributed by atoms with Gasteiger partial charge < -0.3 is 10.5 Å². The molecule has 0 aromatic heterocycles. The van der Waals surface area contributed by atoms with E-state index in [1.807, 2.05) is 12.2 Å². The van der Waals surface area contributed by atoms with Crippen LogP contribution in [0.25, 0.3) is 0 Å². The molecule has 0 aliphatic carbocycles. The van der Waals surface area contributed by atoms with E-state index >= 15 is 0 Å². The summed E-state index contributed by atoms with van der Waals surface area (Å²) in [5, 5.41) is 0. The van der Waals surface area contributed by atoms with Gasteiger partial charge in [-0.2, -0.15) is 0 Å². The Kier molecular flexibility index (Phi) is 7.84. The summed E-state index contributed by atoms with van der Waals surface area (Å²) in [7, 11) is 0. The molecule has 0 fully saturated rings. The normalized spacial score (nSPS) is 29.4. The fourth-order valence-electron chi connectivity index (χ4n) is 2.53. The summed E-state index contributed by atoms with van der Waals surface area (Å²) in [6.07, 6.45) is 23.4. The van der Waals surface area contributed by atoms with Crippen molar-refractivity contribution in [1.29, 1.82) is 0 Å². The summed E-state index contributed by atoms with van der Waals surface area (Å²) < 4.78 is 5.52. The molecule has 1 atom stereocenters. The van der Waals surface area contributed by atoms with E-state index < -0.39 is 0 Å². The molecule has 0 saturated carbocycles. The highest BCUT2D eigenvalue weighted by molar-refractivity contribution is 5.23. The summed E-state index contributed by atoms with van der Waals surface area (Å²) in [6, 6.07) is 0. The van der Waals surface area contributed by atoms with Gasteiger partial charge in [-0.1, -0.05) is 38.5 Å². The number of allylic oxidation sites excluding steroid dienone is 3. The van der Waals surface area contributed by atoms with E-state index in [1.54, 1.807) is 18.6 Å². The van der Waals surface area contributed by atoms with E-state index in [1.165, 1.54) is 25.7 Å². The van der Waals surface area contributed by atoms with Crippen molar-refractivity contribution in [1.82, 2.24) is 0 Å². The van der Waals surface area contributed by atoms with Crippen LogP contribution in [0.2, 0.25) is 0 Å². The van der Waals surface area contributed by atoms with Gasteiger partial charge in [0, 0.05) is 5.54 Å². The topological polar surface area (TPSA) is 35.2 Å². The molecule has 2 N–H and O–H groups in total. The van der Waals surface area contributed by atoms with Crippen LogP contribution in [0.5, 0.6) is 0 Å². The minimum atomic E-state index is -0.226. The second-order valence-corrected chi connectivity index (χ2v) is 5.53. The first-order valence-corrected chi connectivity index (χ1v) is 7.64. The van der Waals surface area contributed by atoms with Crippen molar-refractivity contribution in [3.63, 3.8) is 0 Å². The molecule has 0 amide bonds. The minimum Gasteiger partial charge on any atom is -0.473 e. The number of rotatable bonds is 3. The fourth-order valence-corrected chi connectivity index (χ4v) is 2.53. The summed E-state index contributed by atoms with van der Waals surface area (Å²) in [5.41, 5.74) is 7.34. The maximum absolute atomic E-state index is 6.44. The molecule has 1 rings (SSSR count). The molecule has 1 aliphatic rings. The van der Waals surface area contributed by atoms with Crippen molar-refractivity contribution in [2.24, 2.45) is 5.73 Å². The zero-order valence-corrected chi connectivity index (χ0v) is 12.6. The zero-order chi connectivity index (χ0) is 14.7. The third kappa shape index (κ3) is 6.63. The van der Waals surface area contributed by atoms with Gasteiger partial charge >= 0.3 is 0 Å². The third-order valence-electron chi connectivity index (χ3n) is 3.66. The van der Waals surface area contributed by atoms with E-state index in [9.17, 15) is 0 Å². The lowest BCUT2D eigenvalue weighted by Gasteiger charge is -2.25. The van der Waals surface area contributed by atoms with Crippen LogP contribution in [0, 0.1) is 12.3 Å². The van der Waals surface area contributed by atoms with Crippen molar-refractivity contribution >= 4 is 0 Å². The Labute approximate surface area is 123 Å². The molecule has 110 valence electrons. The van der Waals surface area contributed by atoms with Gasteiger partial charge in [-0.05, 0) is 49.5 Å². The number of ether oxygens (including phenoxy) is 1. The SMILES string of the molecule is C#C/C=C\C1=C\O/C=C\C(N)(CCC)CCCCCC1. The molecular weight excluding hydrogens is 246 g/mol. The quantitative estimate of drug-likeness (QED) is 0.771. The standard InChI is InChI=1S/C18H27NO/c1-3-5-10-17-11-8-6-7-9-13-18(19,12-4-2)14-15-20-16-17/h1,5,10,14-16H,4,6-9,11-13,19H2,2H3/b10-5-,15-14-,17-16-. The molecule has 1 aliphatic heterocycles. The molecule has 0 radical (unpaired) electrons. The molecule has 0 spiro atoms. The van der Waals surface area contributed by atoms with Crippen LogP contribution in [-0.2, 0) is 4.74 Å². The Morgan fingerprint density at radius 2 is 2.20 bits per heavy atom. The predicted molar refractivity (Wildman–Crippen MR) is 85.8 cm³/mol. The molecule has 0 bridgehead atoms. The van der Waals surface area contributed by atoms with Crippen molar-refractivity contribution in [3.05, 3.63) is 36.3 Å². The van der Waals surface area contributed by atoms with Gasteiger partial charge in [-0.3, -0.25) is 0 Å². The highest BCUT2D eigenvalue weighted by atomic mass is 16.5. The van der Waals surface area contributed by atoms with Gasteiger partial charge in [0.1, 0.15) is 0 Å². The van der Waals surface area contributed by atoms with E-state index in [2.05, 4.69) is 12.8 Å². The first-order chi connectivity index (χ1) is 9.70. The molecule has 20 heavy (non-hydrogen) atoms. The van der Waals surface area contributed by atoms with Gasteiger partial charge in [-0.15, -0.1) is 6.42 Å². The zero-order valence-electron chi connectivity index (χ0n) is 12.6. The highest BCUT2D eigenvalue weighted by Gasteiger charge is 2.20. The van der Waals surface area contributed by atoms with Crippen LogP contribution in [-0.4, -0.2) is 5.54 Å². The number of nitrogens with two attached hydrogens (primary N) is 1. The van der Waals surface area contributed by atoms with Gasteiger partial charge in [0.2, 0.25) is 0 Å². The van der Waals surface area contributed by atoms with Gasteiger partial charge in [0.25, 0.3) is 0 Å².